The van der Waals surface area contributed by atoms with Crippen molar-refractivity contribution in [3.63, 3.8) is 0 Å². The lowest BCUT2D eigenvalue weighted by molar-refractivity contribution is -0.0199. The van der Waals surface area contributed by atoms with Crippen molar-refractivity contribution in [3.8, 4) is 17.1 Å². The highest BCUT2D eigenvalue weighted by atomic mass is 32.2. The third kappa shape index (κ3) is 4.00. The first-order chi connectivity index (χ1) is 14.0. The van der Waals surface area contributed by atoms with Crippen LogP contribution in [0.2, 0.25) is 0 Å². The summed E-state index contributed by atoms with van der Waals surface area (Å²) in [5.41, 5.74) is 0.694. The summed E-state index contributed by atoms with van der Waals surface area (Å²) < 4.78 is 56.5. The van der Waals surface area contributed by atoms with Crippen molar-refractivity contribution in [2.24, 2.45) is 0 Å². The van der Waals surface area contributed by atoms with Crippen LogP contribution in [0.3, 0.4) is 0 Å². The van der Waals surface area contributed by atoms with E-state index in [-0.39, 0.29) is 30.5 Å². The molecule has 10 heteroatoms. The van der Waals surface area contributed by atoms with Crippen LogP contribution in [0.4, 0.5) is 4.39 Å². The van der Waals surface area contributed by atoms with Gasteiger partial charge in [0, 0.05) is 18.7 Å². The molecular formula is C19H18FN3O5S. The molecule has 0 bridgehead atoms. The molecule has 2 aromatic carbocycles. The van der Waals surface area contributed by atoms with Gasteiger partial charge in [-0.3, -0.25) is 0 Å². The Bertz CT molecular complexity index is 1120. The van der Waals surface area contributed by atoms with Crippen LogP contribution in [-0.4, -0.2) is 49.7 Å². The molecule has 8 nitrogen and oxygen atoms in total. The topological polar surface area (TPSA) is 94.8 Å². The second kappa shape index (κ2) is 7.90. The Hall–Kier alpha value is -2.82. The zero-order chi connectivity index (χ0) is 20.4. The molecule has 0 radical (unpaired) electrons. The second-order valence-corrected chi connectivity index (χ2v) is 8.31. The number of rotatable bonds is 5. The number of aromatic nitrogens is 2. The first kappa shape index (κ1) is 19.5. The highest BCUT2D eigenvalue weighted by Crippen LogP contribution is 2.28. The van der Waals surface area contributed by atoms with Crippen LogP contribution in [0.1, 0.15) is 12.0 Å². The molecule has 1 saturated heterocycles. The highest BCUT2D eigenvalue weighted by Gasteiger charge is 2.34. The minimum Gasteiger partial charge on any atom is -0.497 e. The molecule has 0 saturated carbocycles. The van der Waals surface area contributed by atoms with E-state index in [1.54, 1.807) is 31.4 Å². The lowest BCUT2D eigenvalue weighted by Crippen LogP contribution is -2.42. The number of ether oxygens (including phenoxy) is 2. The minimum atomic E-state index is -3.87. The van der Waals surface area contributed by atoms with E-state index in [1.165, 1.54) is 22.5 Å². The Morgan fingerprint density at radius 2 is 2.03 bits per heavy atom. The zero-order valence-electron chi connectivity index (χ0n) is 15.5. The van der Waals surface area contributed by atoms with Gasteiger partial charge in [0.05, 0.1) is 18.6 Å². The Morgan fingerprint density at radius 1 is 1.21 bits per heavy atom. The number of sulfonamides is 1. The summed E-state index contributed by atoms with van der Waals surface area (Å²) in [6.07, 6.45) is -0.723. The number of hydrogen-bond donors (Lipinski definition) is 0. The molecular weight excluding hydrogens is 401 g/mol. The fourth-order valence-electron chi connectivity index (χ4n) is 3.02. The van der Waals surface area contributed by atoms with E-state index in [1.807, 2.05) is 0 Å². The second-order valence-electron chi connectivity index (χ2n) is 6.37. The van der Waals surface area contributed by atoms with Crippen molar-refractivity contribution in [1.29, 1.82) is 0 Å². The molecule has 0 spiro atoms. The van der Waals surface area contributed by atoms with Crippen LogP contribution in [0.15, 0.2) is 57.9 Å². The SMILES string of the molecule is COc1cccc(-c2noc([C@H]3CN(S(=O)(=O)c4cccc(F)c4)CCO3)n2)c1. The van der Waals surface area contributed by atoms with Gasteiger partial charge in [0.25, 0.3) is 5.89 Å². The Labute approximate surface area is 166 Å². The molecule has 0 unspecified atom stereocenters. The van der Waals surface area contributed by atoms with Crippen LogP contribution in [0, 0.1) is 5.82 Å². The molecule has 29 heavy (non-hydrogen) atoms. The standard InChI is InChI=1S/C19H18FN3O5S/c1-26-15-6-2-4-13(10-15)18-21-19(28-22-18)17-12-23(8-9-27-17)29(24,25)16-7-3-5-14(20)11-16/h2-7,10-11,17H,8-9,12H2,1H3/t17-/m1/s1. The number of halogens is 1. The average molecular weight is 419 g/mol. The summed E-state index contributed by atoms with van der Waals surface area (Å²) in [5, 5.41) is 3.95. The van der Waals surface area contributed by atoms with E-state index in [0.29, 0.717) is 17.1 Å². The predicted molar refractivity (Wildman–Crippen MR) is 100 cm³/mol. The van der Waals surface area contributed by atoms with Crippen LogP contribution >= 0.6 is 0 Å². The molecule has 152 valence electrons. The van der Waals surface area contributed by atoms with E-state index < -0.39 is 21.9 Å². The number of benzene rings is 2. The lowest BCUT2D eigenvalue weighted by Gasteiger charge is -2.30. The highest BCUT2D eigenvalue weighted by molar-refractivity contribution is 7.89. The van der Waals surface area contributed by atoms with Gasteiger partial charge in [-0.2, -0.15) is 9.29 Å². The number of nitrogens with zero attached hydrogens (tertiary/aromatic N) is 3. The summed E-state index contributed by atoms with van der Waals surface area (Å²) in [5.74, 6) is 0.542. The van der Waals surface area contributed by atoms with Crippen LogP contribution in [0.25, 0.3) is 11.4 Å². The van der Waals surface area contributed by atoms with E-state index >= 15 is 0 Å². The lowest BCUT2D eigenvalue weighted by atomic mass is 10.2. The molecule has 1 aliphatic rings. The van der Waals surface area contributed by atoms with Crippen LogP contribution < -0.4 is 4.74 Å². The largest absolute Gasteiger partial charge is 0.497 e. The third-order valence-corrected chi connectivity index (χ3v) is 6.37. The van der Waals surface area contributed by atoms with Gasteiger partial charge in [-0.1, -0.05) is 23.4 Å². The van der Waals surface area contributed by atoms with E-state index in [4.69, 9.17) is 14.0 Å². The molecule has 1 fully saturated rings. The normalized spacial score (nSPS) is 17.9. The van der Waals surface area contributed by atoms with Gasteiger partial charge in [0.2, 0.25) is 15.8 Å². The van der Waals surface area contributed by atoms with Gasteiger partial charge in [-0.15, -0.1) is 0 Å². The number of morpholine rings is 1. The van der Waals surface area contributed by atoms with Crippen molar-refractivity contribution in [3.05, 3.63) is 60.2 Å². The van der Waals surface area contributed by atoms with Crippen molar-refractivity contribution in [2.75, 3.05) is 26.8 Å². The summed E-state index contributed by atoms with van der Waals surface area (Å²) in [6.45, 7) is 0.279. The molecule has 0 N–H and O–H groups in total. The van der Waals surface area contributed by atoms with Crippen LogP contribution in [0.5, 0.6) is 5.75 Å². The van der Waals surface area contributed by atoms with Gasteiger partial charge in [0.1, 0.15) is 11.6 Å². The molecule has 1 aromatic heterocycles. The van der Waals surface area contributed by atoms with Gasteiger partial charge < -0.3 is 14.0 Å². The maximum atomic E-state index is 13.5. The zero-order valence-corrected chi connectivity index (χ0v) is 16.3. The molecule has 2 heterocycles. The fraction of sp³-hybridized carbons (Fsp3) is 0.263. The van der Waals surface area contributed by atoms with E-state index in [2.05, 4.69) is 10.1 Å². The first-order valence-corrected chi connectivity index (χ1v) is 10.3. The molecule has 1 aliphatic heterocycles. The van der Waals surface area contributed by atoms with Gasteiger partial charge in [0.15, 0.2) is 6.10 Å². The Morgan fingerprint density at radius 3 is 2.83 bits per heavy atom. The molecule has 3 aromatic rings. The van der Waals surface area contributed by atoms with E-state index in [9.17, 15) is 12.8 Å². The minimum absolute atomic E-state index is 0.0153. The smallest absolute Gasteiger partial charge is 0.257 e. The first-order valence-electron chi connectivity index (χ1n) is 8.83. The van der Waals surface area contributed by atoms with Gasteiger partial charge >= 0.3 is 0 Å². The van der Waals surface area contributed by atoms with Crippen LogP contribution in [-0.2, 0) is 14.8 Å². The predicted octanol–water partition coefficient (Wildman–Crippen LogP) is 2.65. The summed E-state index contributed by atoms with van der Waals surface area (Å²) >= 11 is 0. The van der Waals surface area contributed by atoms with Crippen molar-refractivity contribution in [1.82, 2.24) is 14.4 Å². The average Bonchev–Trinajstić information content (AvgIpc) is 3.24. The summed E-state index contributed by atoms with van der Waals surface area (Å²) in [6, 6.07) is 12.1. The quantitative estimate of drug-likeness (QED) is 0.627. The number of methoxy groups -OCH3 is 1. The molecule has 4 rings (SSSR count). The fourth-order valence-corrected chi connectivity index (χ4v) is 4.47. The Kier molecular flexibility index (Phi) is 5.31. The maximum absolute atomic E-state index is 13.5. The third-order valence-electron chi connectivity index (χ3n) is 4.51. The maximum Gasteiger partial charge on any atom is 0.257 e. The van der Waals surface area contributed by atoms with E-state index in [0.717, 1.165) is 6.07 Å². The van der Waals surface area contributed by atoms with Gasteiger partial charge in [-0.05, 0) is 30.3 Å². The van der Waals surface area contributed by atoms with Gasteiger partial charge in [-0.25, -0.2) is 12.8 Å². The summed E-state index contributed by atoms with van der Waals surface area (Å²) in [4.78, 5) is 4.23. The Balaban J connectivity index is 1.55. The molecule has 0 aliphatic carbocycles. The van der Waals surface area contributed by atoms with Crippen molar-refractivity contribution < 1.29 is 26.8 Å². The van der Waals surface area contributed by atoms with Crippen molar-refractivity contribution in [2.45, 2.75) is 11.0 Å². The van der Waals surface area contributed by atoms with Crippen molar-refractivity contribution >= 4 is 10.0 Å². The molecule has 0 amide bonds. The number of hydrogen-bond acceptors (Lipinski definition) is 7. The summed E-state index contributed by atoms with van der Waals surface area (Å²) in [7, 11) is -2.31. The monoisotopic (exact) mass is 419 g/mol. The molecule has 1 atom stereocenters.